The number of carbonyl (C=O) groups excluding carboxylic acids is 1. The van der Waals surface area contributed by atoms with E-state index in [0.717, 1.165) is 25.3 Å². The van der Waals surface area contributed by atoms with Crippen molar-refractivity contribution in [2.45, 2.75) is 39.4 Å². The van der Waals surface area contributed by atoms with Crippen molar-refractivity contribution >= 4 is 11.7 Å². The second-order valence-corrected chi connectivity index (χ2v) is 7.23. The van der Waals surface area contributed by atoms with Gasteiger partial charge in [-0.3, -0.25) is 4.90 Å². The Hall–Kier alpha value is -2.60. The Morgan fingerprint density at radius 1 is 1.18 bits per heavy atom. The van der Waals surface area contributed by atoms with E-state index in [1.807, 2.05) is 12.1 Å². The summed E-state index contributed by atoms with van der Waals surface area (Å²) in [6, 6.07) is 13.1. The van der Waals surface area contributed by atoms with Gasteiger partial charge in [-0.15, -0.1) is 0 Å². The van der Waals surface area contributed by atoms with Crippen LogP contribution in [0.3, 0.4) is 0 Å². The fourth-order valence-electron chi connectivity index (χ4n) is 3.81. The molecule has 1 fully saturated rings. The summed E-state index contributed by atoms with van der Waals surface area (Å²) < 4.78 is 10.4. The van der Waals surface area contributed by atoms with E-state index in [9.17, 15) is 4.79 Å². The van der Waals surface area contributed by atoms with E-state index in [0.29, 0.717) is 30.1 Å². The first kappa shape index (κ1) is 20.1. The number of ether oxygens (including phenoxy) is 2. The first-order valence-electron chi connectivity index (χ1n) is 9.79. The molecule has 28 heavy (non-hydrogen) atoms. The monoisotopic (exact) mass is 383 g/mol. The van der Waals surface area contributed by atoms with Crippen LogP contribution in [-0.2, 0) is 11.3 Å². The fourth-order valence-corrected chi connectivity index (χ4v) is 3.81. The summed E-state index contributed by atoms with van der Waals surface area (Å²) in [6.07, 6.45) is 1.77. The van der Waals surface area contributed by atoms with Gasteiger partial charge in [0.05, 0.1) is 25.6 Å². The largest absolute Gasteiger partial charge is 0.480 e. The maximum Gasteiger partial charge on any atom is 0.343 e. The van der Waals surface area contributed by atoms with E-state index in [1.54, 1.807) is 13.1 Å². The molecule has 2 heterocycles. The molecule has 2 aromatic rings. The third kappa shape index (κ3) is 4.44. The van der Waals surface area contributed by atoms with E-state index in [2.05, 4.69) is 52.9 Å². The number of hydrogen-bond acceptors (Lipinski definition) is 6. The second kappa shape index (κ2) is 9.06. The van der Waals surface area contributed by atoms with Crippen molar-refractivity contribution in [1.29, 1.82) is 0 Å². The van der Waals surface area contributed by atoms with Crippen LogP contribution >= 0.6 is 0 Å². The van der Waals surface area contributed by atoms with Crippen molar-refractivity contribution in [3.63, 3.8) is 0 Å². The summed E-state index contributed by atoms with van der Waals surface area (Å²) in [5, 5.41) is 0. The average molecular weight is 383 g/mol. The molecule has 150 valence electrons. The SMILES string of the molecule is CCOC(=O)c1cc(N2CC(C)N(Cc3ccccc3)C(C)C2)cnc1OC. The number of methoxy groups -OCH3 is 1. The highest BCUT2D eigenvalue weighted by Crippen LogP contribution is 2.27. The smallest absolute Gasteiger partial charge is 0.343 e. The van der Waals surface area contributed by atoms with Gasteiger partial charge in [-0.2, -0.15) is 0 Å². The molecule has 1 aromatic heterocycles. The predicted octanol–water partition coefficient (Wildman–Crippen LogP) is 3.37. The van der Waals surface area contributed by atoms with Gasteiger partial charge in [-0.1, -0.05) is 30.3 Å². The molecule has 0 amide bonds. The Labute approximate surface area is 167 Å². The number of benzene rings is 1. The number of piperazine rings is 1. The molecular formula is C22H29N3O3. The molecule has 2 unspecified atom stereocenters. The summed E-state index contributed by atoms with van der Waals surface area (Å²) in [5.41, 5.74) is 2.61. The van der Waals surface area contributed by atoms with Crippen LogP contribution in [0, 0.1) is 0 Å². The molecule has 1 aromatic carbocycles. The zero-order valence-corrected chi connectivity index (χ0v) is 17.1. The first-order valence-corrected chi connectivity index (χ1v) is 9.79. The van der Waals surface area contributed by atoms with Crippen molar-refractivity contribution in [1.82, 2.24) is 9.88 Å². The van der Waals surface area contributed by atoms with Gasteiger partial charge in [0.15, 0.2) is 0 Å². The topological polar surface area (TPSA) is 54.9 Å². The molecule has 6 nitrogen and oxygen atoms in total. The minimum absolute atomic E-state index is 0.297. The first-order chi connectivity index (χ1) is 13.5. The number of carbonyl (C=O) groups is 1. The van der Waals surface area contributed by atoms with Crippen molar-refractivity contribution in [3.05, 3.63) is 53.7 Å². The number of hydrogen-bond donors (Lipinski definition) is 0. The molecule has 0 spiro atoms. The number of anilines is 1. The third-order valence-electron chi connectivity index (χ3n) is 5.20. The minimum Gasteiger partial charge on any atom is -0.480 e. The summed E-state index contributed by atoms with van der Waals surface area (Å²) in [6.45, 7) is 9.27. The Morgan fingerprint density at radius 3 is 2.46 bits per heavy atom. The molecule has 1 aliphatic rings. The van der Waals surface area contributed by atoms with Crippen LogP contribution in [-0.4, -0.2) is 54.7 Å². The normalized spacial score (nSPS) is 20.1. The van der Waals surface area contributed by atoms with E-state index in [4.69, 9.17) is 9.47 Å². The maximum absolute atomic E-state index is 12.3. The zero-order valence-electron chi connectivity index (χ0n) is 17.1. The van der Waals surface area contributed by atoms with Crippen molar-refractivity contribution in [2.24, 2.45) is 0 Å². The standard InChI is InChI=1S/C22H29N3O3/c1-5-28-22(26)20-11-19(12-23-21(20)27-4)24-13-16(2)25(17(3)14-24)15-18-9-7-6-8-10-18/h6-12,16-17H,5,13-15H2,1-4H3. The van der Waals surface area contributed by atoms with Crippen molar-refractivity contribution in [3.8, 4) is 5.88 Å². The number of rotatable bonds is 6. The Balaban J connectivity index is 1.77. The van der Waals surface area contributed by atoms with Gasteiger partial charge in [0.1, 0.15) is 5.56 Å². The summed E-state index contributed by atoms with van der Waals surface area (Å²) >= 11 is 0. The number of esters is 1. The van der Waals surface area contributed by atoms with Crippen molar-refractivity contribution in [2.75, 3.05) is 31.7 Å². The van der Waals surface area contributed by atoms with Crippen LogP contribution in [0.5, 0.6) is 5.88 Å². The summed E-state index contributed by atoms with van der Waals surface area (Å²) in [5.74, 6) is -0.108. The minimum atomic E-state index is -0.405. The number of pyridine rings is 1. The van der Waals surface area contributed by atoms with Gasteiger partial charge < -0.3 is 14.4 Å². The van der Waals surface area contributed by atoms with Crippen LogP contribution in [0.1, 0.15) is 36.7 Å². The lowest BCUT2D eigenvalue weighted by atomic mass is 10.1. The molecule has 0 bridgehead atoms. The molecule has 3 rings (SSSR count). The average Bonchev–Trinajstić information content (AvgIpc) is 2.71. The van der Waals surface area contributed by atoms with Gasteiger partial charge in [0.25, 0.3) is 0 Å². The highest BCUT2D eigenvalue weighted by atomic mass is 16.5. The number of aromatic nitrogens is 1. The van der Waals surface area contributed by atoms with Gasteiger partial charge in [0.2, 0.25) is 5.88 Å². The lowest BCUT2D eigenvalue weighted by molar-refractivity contribution is 0.0522. The Morgan fingerprint density at radius 2 is 1.86 bits per heavy atom. The lowest BCUT2D eigenvalue weighted by Gasteiger charge is -2.45. The highest BCUT2D eigenvalue weighted by molar-refractivity contribution is 5.93. The quantitative estimate of drug-likeness (QED) is 0.713. The van der Waals surface area contributed by atoms with Crippen LogP contribution in [0.25, 0.3) is 0 Å². The molecule has 0 radical (unpaired) electrons. The van der Waals surface area contributed by atoms with Crippen molar-refractivity contribution < 1.29 is 14.3 Å². The summed E-state index contributed by atoms with van der Waals surface area (Å²) in [4.78, 5) is 21.4. The molecular weight excluding hydrogens is 354 g/mol. The molecule has 1 aliphatic heterocycles. The van der Waals surface area contributed by atoms with Gasteiger partial charge in [0, 0.05) is 31.7 Å². The lowest BCUT2D eigenvalue weighted by Crippen LogP contribution is -2.56. The molecule has 2 atom stereocenters. The van der Waals surface area contributed by atoms with E-state index < -0.39 is 5.97 Å². The highest BCUT2D eigenvalue weighted by Gasteiger charge is 2.30. The maximum atomic E-state index is 12.3. The third-order valence-corrected chi connectivity index (χ3v) is 5.20. The van der Waals surface area contributed by atoms with E-state index in [-0.39, 0.29) is 0 Å². The van der Waals surface area contributed by atoms with Crippen LogP contribution in [0.15, 0.2) is 42.6 Å². The predicted molar refractivity (Wildman–Crippen MR) is 110 cm³/mol. The summed E-state index contributed by atoms with van der Waals surface area (Å²) in [7, 11) is 1.51. The molecule has 0 N–H and O–H groups in total. The number of nitrogens with zero attached hydrogens (tertiary/aromatic N) is 3. The van der Waals surface area contributed by atoms with Crippen LogP contribution in [0.2, 0.25) is 0 Å². The van der Waals surface area contributed by atoms with Crippen LogP contribution < -0.4 is 9.64 Å². The fraction of sp³-hybridized carbons (Fsp3) is 0.455. The Bertz CT molecular complexity index is 785. The Kier molecular flexibility index (Phi) is 6.52. The van der Waals surface area contributed by atoms with Gasteiger partial charge in [-0.25, -0.2) is 9.78 Å². The molecule has 0 aliphatic carbocycles. The molecule has 0 saturated carbocycles. The zero-order chi connectivity index (χ0) is 20.1. The van der Waals surface area contributed by atoms with E-state index in [1.165, 1.54) is 12.7 Å². The molecule has 1 saturated heterocycles. The second-order valence-electron chi connectivity index (χ2n) is 7.23. The van der Waals surface area contributed by atoms with Gasteiger partial charge >= 0.3 is 5.97 Å². The van der Waals surface area contributed by atoms with Gasteiger partial charge in [-0.05, 0) is 32.4 Å². The molecule has 6 heteroatoms. The van der Waals surface area contributed by atoms with Crippen LogP contribution in [0.4, 0.5) is 5.69 Å². The van der Waals surface area contributed by atoms with E-state index >= 15 is 0 Å².